The first-order valence-corrected chi connectivity index (χ1v) is 6.14. The number of nitrogens with two attached hydrogens (primary N) is 1. The molecule has 92 valence electrons. The van der Waals surface area contributed by atoms with Crippen LogP contribution in [0.3, 0.4) is 0 Å². The van der Waals surface area contributed by atoms with Crippen LogP contribution in [-0.2, 0) is 10.2 Å². The largest absolute Gasteiger partial charge is 0.397 e. The second-order valence-electron chi connectivity index (χ2n) is 5.11. The van der Waals surface area contributed by atoms with Crippen LogP contribution in [0.15, 0.2) is 12.1 Å². The van der Waals surface area contributed by atoms with E-state index in [-0.39, 0.29) is 11.3 Å². The Kier molecular flexibility index (Phi) is 2.82. The van der Waals surface area contributed by atoms with E-state index in [1.54, 1.807) is 11.0 Å². The highest BCUT2D eigenvalue weighted by Gasteiger charge is 2.39. The molecule has 0 unspecified atom stereocenters. The molecule has 0 spiro atoms. The lowest BCUT2D eigenvalue weighted by Crippen LogP contribution is -2.33. The van der Waals surface area contributed by atoms with Crippen LogP contribution < -0.4 is 10.6 Å². The van der Waals surface area contributed by atoms with Gasteiger partial charge in [-0.1, -0.05) is 32.4 Å². The van der Waals surface area contributed by atoms with Crippen molar-refractivity contribution in [3.05, 3.63) is 22.7 Å². The van der Waals surface area contributed by atoms with Gasteiger partial charge < -0.3 is 10.6 Å². The molecule has 0 bridgehead atoms. The molecule has 0 atom stereocenters. The van der Waals surface area contributed by atoms with Crippen molar-refractivity contribution in [1.29, 1.82) is 0 Å². The van der Waals surface area contributed by atoms with Crippen LogP contribution in [0.4, 0.5) is 11.4 Å². The van der Waals surface area contributed by atoms with E-state index in [1.807, 2.05) is 13.0 Å². The lowest BCUT2D eigenvalue weighted by molar-refractivity contribution is -0.118. The van der Waals surface area contributed by atoms with Gasteiger partial charge in [-0.3, -0.25) is 4.79 Å². The monoisotopic (exact) mass is 252 g/mol. The number of fused-ring (bicyclic) bond motifs is 1. The van der Waals surface area contributed by atoms with Crippen LogP contribution in [0.1, 0.15) is 32.8 Å². The quantitative estimate of drug-likeness (QED) is 0.781. The maximum atomic E-state index is 11.9. The number of nitrogens with zero attached hydrogens (tertiary/aromatic N) is 1. The average Bonchev–Trinajstić information content (AvgIpc) is 2.50. The lowest BCUT2D eigenvalue weighted by Gasteiger charge is -2.20. The average molecular weight is 253 g/mol. The van der Waals surface area contributed by atoms with E-state index < -0.39 is 0 Å². The Morgan fingerprint density at radius 3 is 2.76 bits per heavy atom. The van der Waals surface area contributed by atoms with Gasteiger partial charge in [0, 0.05) is 23.4 Å². The standard InChI is InChI=1S/C13H17ClN2O/c1-4-11(17)16-7-13(2,3)9-5-8(14)6-10(15)12(9)16/h5-6H,4,7,15H2,1-3H3. The molecular weight excluding hydrogens is 236 g/mol. The van der Waals surface area contributed by atoms with Crippen LogP contribution in [0.2, 0.25) is 5.02 Å². The van der Waals surface area contributed by atoms with Crippen molar-refractivity contribution in [3.8, 4) is 0 Å². The van der Waals surface area contributed by atoms with Gasteiger partial charge >= 0.3 is 0 Å². The fourth-order valence-electron chi connectivity index (χ4n) is 2.40. The molecule has 1 aromatic carbocycles. The van der Waals surface area contributed by atoms with Crippen LogP contribution in [0.5, 0.6) is 0 Å². The molecule has 3 nitrogen and oxygen atoms in total. The SMILES string of the molecule is CCC(=O)N1CC(C)(C)c2cc(Cl)cc(N)c21. The van der Waals surface area contributed by atoms with E-state index in [0.29, 0.717) is 23.7 Å². The summed E-state index contributed by atoms with van der Waals surface area (Å²) in [5, 5.41) is 0.625. The first kappa shape index (κ1) is 12.2. The van der Waals surface area contributed by atoms with E-state index in [0.717, 1.165) is 11.3 Å². The minimum Gasteiger partial charge on any atom is -0.397 e. The molecule has 4 heteroatoms. The van der Waals surface area contributed by atoms with Gasteiger partial charge in [-0.25, -0.2) is 0 Å². The highest BCUT2D eigenvalue weighted by Crippen LogP contribution is 2.45. The molecule has 0 aromatic heterocycles. The van der Waals surface area contributed by atoms with Gasteiger partial charge in [-0.05, 0) is 17.7 Å². The maximum absolute atomic E-state index is 11.9. The van der Waals surface area contributed by atoms with Gasteiger partial charge in [0.15, 0.2) is 0 Å². The van der Waals surface area contributed by atoms with Crippen molar-refractivity contribution in [2.45, 2.75) is 32.6 Å². The summed E-state index contributed by atoms with van der Waals surface area (Å²) < 4.78 is 0. The fourth-order valence-corrected chi connectivity index (χ4v) is 2.63. The maximum Gasteiger partial charge on any atom is 0.226 e. The van der Waals surface area contributed by atoms with Gasteiger partial charge in [-0.15, -0.1) is 0 Å². The first-order valence-electron chi connectivity index (χ1n) is 5.76. The molecule has 0 aliphatic carbocycles. The Balaban J connectivity index is 2.61. The van der Waals surface area contributed by atoms with Crippen LogP contribution in [0, 0.1) is 0 Å². The number of hydrogen-bond donors (Lipinski definition) is 1. The number of carbonyl (C=O) groups is 1. The number of halogens is 1. The Morgan fingerprint density at radius 1 is 1.53 bits per heavy atom. The molecule has 1 aliphatic heterocycles. The number of nitrogen functional groups attached to an aromatic ring is 1. The summed E-state index contributed by atoms with van der Waals surface area (Å²) in [4.78, 5) is 13.7. The van der Waals surface area contributed by atoms with Crippen molar-refractivity contribution in [2.75, 3.05) is 17.2 Å². The zero-order chi connectivity index (χ0) is 12.8. The number of carbonyl (C=O) groups excluding carboxylic acids is 1. The summed E-state index contributed by atoms with van der Waals surface area (Å²) in [7, 11) is 0. The van der Waals surface area contributed by atoms with Crippen molar-refractivity contribution in [3.63, 3.8) is 0 Å². The van der Waals surface area contributed by atoms with E-state index in [1.165, 1.54) is 0 Å². The van der Waals surface area contributed by atoms with Gasteiger partial charge in [0.1, 0.15) is 0 Å². The Hall–Kier alpha value is -1.22. The highest BCUT2D eigenvalue weighted by atomic mass is 35.5. The molecule has 17 heavy (non-hydrogen) atoms. The minimum atomic E-state index is -0.0980. The number of rotatable bonds is 1. The van der Waals surface area contributed by atoms with Crippen molar-refractivity contribution in [1.82, 2.24) is 0 Å². The van der Waals surface area contributed by atoms with Crippen LogP contribution >= 0.6 is 11.6 Å². The summed E-state index contributed by atoms with van der Waals surface area (Å²) >= 11 is 6.03. The van der Waals surface area contributed by atoms with Gasteiger partial charge in [0.25, 0.3) is 0 Å². The lowest BCUT2D eigenvalue weighted by atomic mass is 9.87. The number of hydrogen-bond acceptors (Lipinski definition) is 2. The molecule has 0 radical (unpaired) electrons. The molecule has 1 heterocycles. The summed E-state index contributed by atoms with van der Waals surface area (Å²) in [6.45, 7) is 6.73. The molecule has 2 rings (SSSR count). The number of amides is 1. The van der Waals surface area contributed by atoms with Crippen LogP contribution in [0.25, 0.3) is 0 Å². The predicted octanol–water partition coefficient (Wildman–Crippen LogP) is 2.96. The molecular formula is C13H17ClN2O. The molecule has 0 fully saturated rings. The minimum absolute atomic E-state index is 0.0980. The molecule has 1 aliphatic rings. The molecule has 0 saturated heterocycles. The number of benzene rings is 1. The van der Waals surface area contributed by atoms with Gasteiger partial charge in [0.2, 0.25) is 5.91 Å². The van der Waals surface area contributed by atoms with Crippen molar-refractivity contribution < 1.29 is 4.79 Å². The third-order valence-electron chi connectivity index (χ3n) is 3.26. The summed E-state index contributed by atoms with van der Waals surface area (Å²) in [6.07, 6.45) is 0.484. The molecule has 2 N–H and O–H groups in total. The summed E-state index contributed by atoms with van der Waals surface area (Å²) in [6, 6.07) is 3.62. The number of anilines is 2. The van der Waals surface area contributed by atoms with E-state index in [9.17, 15) is 4.79 Å². The third-order valence-corrected chi connectivity index (χ3v) is 3.48. The Bertz CT molecular complexity index is 483. The van der Waals surface area contributed by atoms with Gasteiger partial charge in [-0.2, -0.15) is 0 Å². The summed E-state index contributed by atoms with van der Waals surface area (Å²) in [5.74, 6) is 0.103. The zero-order valence-electron chi connectivity index (χ0n) is 10.4. The summed E-state index contributed by atoms with van der Waals surface area (Å²) in [5.41, 5.74) is 8.38. The van der Waals surface area contributed by atoms with E-state index in [4.69, 9.17) is 17.3 Å². The molecule has 1 aromatic rings. The molecule has 0 saturated carbocycles. The molecule has 1 amide bonds. The van der Waals surface area contributed by atoms with E-state index in [2.05, 4.69) is 13.8 Å². The normalized spacial score (nSPS) is 17.1. The highest BCUT2D eigenvalue weighted by molar-refractivity contribution is 6.31. The topological polar surface area (TPSA) is 46.3 Å². The van der Waals surface area contributed by atoms with Crippen LogP contribution in [-0.4, -0.2) is 12.5 Å². The second-order valence-corrected chi connectivity index (χ2v) is 5.54. The zero-order valence-corrected chi connectivity index (χ0v) is 11.1. The van der Waals surface area contributed by atoms with E-state index >= 15 is 0 Å². The smallest absolute Gasteiger partial charge is 0.226 e. The Labute approximate surface area is 107 Å². The van der Waals surface area contributed by atoms with Gasteiger partial charge in [0.05, 0.1) is 11.4 Å². The first-order chi connectivity index (χ1) is 7.86. The second kappa shape index (κ2) is 3.91. The predicted molar refractivity (Wildman–Crippen MR) is 71.5 cm³/mol. The fraction of sp³-hybridized carbons (Fsp3) is 0.462. The van der Waals surface area contributed by atoms with Crippen molar-refractivity contribution in [2.24, 2.45) is 0 Å². The van der Waals surface area contributed by atoms with Crippen molar-refractivity contribution >= 4 is 28.9 Å². The Morgan fingerprint density at radius 2 is 2.18 bits per heavy atom. The third kappa shape index (κ3) is 1.89.